The Morgan fingerprint density at radius 1 is 1.10 bits per heavy atom. The average molecular weight is 578 g/mol. The van der Waals surface area contributed by atoms with Crippen LogP contribution in [0.15, 0.2) is 18.3 Å². The quantitative estimate of drug-likeness (QED) is 0.273. The topological polar surface area (TPSA) is 138 Å². The lowest BCUT2D eigenvalue weighted by molar-refractivity contribution is -0.0409. The molecule has 7 rings (SSSR count). The molecule has 4 heterocycles. The highest BCUT2D eigenvalue weighted by molar-refractivity contribution is 6.05. The van der Waals surface area contributed by atoms with Crippen molar-refractivity contribution < 1.29 is 28.8 Å². The molecule has 0 radical (unpaired) electrons. The van der Waals surface area contributed by atoms with Crippen LogP contribution in [0.3, 0.4) is 0 Å². The second-order valence-electron chi connectivity index (χ2n) is 12.0. The predicted octanol–water partition coefficient (Wildman–Crippen LogP) is 5.13. The van der Waals surface area contributed by atoms with E-state index in [9.17, 15) is 10.2 Å². The molecule has 3 aliphatic rings. The first-order valence-corrected chi connectivity index (χ1v) is 14.8. The van der Waals surface area contributed by atoms with Crippen LogP contribution in [0.2, 0.25) is 0 Å². The second-order valence-corrected chi connectivity index (χ2v) is 12.0. The van der Waals surface area contributed by atoms with Crippen LogP contribution in [0.25, 0.3) is 32.9 Å². The van der Waals surface area contributed by atoms with Gasteiger partial charge in [-0.2, -0.15) is 15.1 Å². The molecule has 222 valence electrons. The third kappa shape index (κ3) is 4.63. The second kappa shape index (κ2) is 10.6. The van der Waals surface area contributed by atoms with Gasteiger partial charge in [0.2, 0.25) is 0 Å². The smallest absolute Gasteiger partial charge is 0.319 e. The molecule has 2 aromatic heterocycles. The van der Waals surface area contributed by atoms with Crippen molar-refractivity contribution in [2.45, 2.75) is 64.0 Å². The van der Waals surface area contributed by atoms with Crippen molar-refractivity contribution in [3.63, 3.8) is 0 Å². The molecule has 4 N–H and O–H groups in total. The van der Waals surface area contributed by atoms with E-state index >= 15 is 4.39 Å². The molecule has 11 heteroatoms. The molecular weight excluding hydrogens is 541 g/mol. The molecular formula is C31H36FN5O5. The first-order valence-electron chi connectivity index (χ1n) is 14.8. The maximum absolute atomic E-state index is 15.6. The Morgan fingerprint density at radius 3 is 2.62 bits per heavy atom. The van der Waals surface area contributed by atoms with Gasteiger partial charge in [0, 0.05) is 53.2 Å². The number of hydrogen-bond acceptors (Lipinski definition) is 9. The highest BCUT2D eigenvalue weighted by atomic mass is 19.1. The van der Waals surface area contributed by atoms with Crippen molar-refractivity contribution in [1.82, 2.24) is 19.7 Å². The lowest BCUT2D eigenvalue weighted by Crippen LogP contribution is -2.38. The predicted molar refractivity (Wildman–Crippen MR) is 155 cm³/mol. The SMILES string of the molecule is Cc1c(F)cc2c(cnn2C2CCCCO2)c1-c1c(C2CC2)cc2c(N)nc(OCC3(CO)CCOCC3)nc2c1O. The summed E-state index contributed by atoms with van der Waals surface area (Å²) < 4.78 is 34.8. The van der Waals surface area contributed by atoms with Crippen LogP contribution >= 0.6 is 0 Å². The Labute approximate surface area is 242 Å². The summed E-state index contributed by atoms with van der Waals surface area (Å²) in [5, 5.41) is 27.9. The van der Waals surface area contributed by atoms with Crippen molar-refractivity contribution in [2.75, 3.05) is 38.8 Å². The zero-order valence-electron chi connectivity index (χ0n) is 23.7. The molecule has 0 amide bonds. The summed E-state index contributed by atoms with van der Waals surface area (Å²) in [5.74, 6) is -0.0774. The fraction of sp³-hybridized carbons (Fsp3) is 0.516. The van der Waals surface area contributed by atoms with Gasteiger partial charge in [0.1, 0.15) is 22.9 Å². The minimum atomic E-state index is -0.457. The summed E-state index contributed by atoms with van der Waals surface area (Å²) in [6.45, 7) is 3.60. The third-order valence-corrected chi connectivity index (χ3v) is 9.20. The van der Waals surface area contributed by atoms with Gasteiger partial charge in [-0.3, -0.25) is 0 Å². The zero-order chi connectivity index (χ0) is 29.0. The average Bonchev–Trinajstić information content (AvgIpc) is 3.78. The summed E-state index contributed by atoms with van der Waals surface area (Å²) in [6, 6.07) is 3.45. The van der Waals surface area contributed by atoms with Crippen LogP contribution < -0.4 is 10.5 Å². The van der Waals surface area contributed by atoms with Crippen molar-refractivity contribution in [2.24, 2.45) is 5.41 Å². The van der Waals surface area contributed by atoms with Crippen molar-refractivity contribution in [1.29, 1.82) is 0 Å². The van der Waals surface area contributed by atoms with E-state index in [0.717, 1.165) is 43.1 Å². The third-order valence-electron chi connectivity index (χ3n) is 9.20. The normalized spacial score (nSPS) is 20.8. The Balaban J connectivity index is 1.37. The van der Waals surface area contributed by atoms with Crippen molar-refractivity contribution in [3.05, 3.63) is 35.3 Å². The standard InChI is InChI=1S/C31H36FN5O5/c1-17-22(32)13-23-21(14-34-37(23)24-4-2-3-9-41-24)25(17)26-19(18-5-6-18)12-20-27(28(26)39)35-30(36-29(20)33)42-16-31(15-38)7-10-40-11-8-31/h12-14,18,24,38-39H,2-11,15-16H2,1H3,(H2,33,35,36). The Bertz CT molecular complexity index is 1660. The van der Waals surface area contributed by atoms with Gasteiger partial charge in [-0.05, 0) is 75.0 Å². The monoisotopic (exact) mass is 577 g/mol. The van der Waals surface area contributed by atoms with E-state index in [0.29, 0.717) is 60.3 Å². The number of fused-ring (bicyclic) bond motifs is 2. The fourth-order valence-corrected chi connectivity index (χ4v) is 6.41. The van der Waals surface area contributed by atoms with Gasteiger partial charge in [0.15, 0.2) is 6.23 Å². The number of phenolic OH excluding ortho intramolecular Hbond substituents is 1. The molecule has 1 saturated carbocycles. The van der Waals surface area contributed by atoms with Crippen LogP contribution in [0, 0.1) is 18.2 Å². The molecule has 0 bridgehead atoms. The highest BCUT2D eigenvalue weighted by Crippen LogP contribution is 2.52. The molecule has 3 fully saturated rings. The first kappa shape index (κ1) is 27.3. The summed E-state index contributed by atoms with van der Waals surface area (Å²) in [6.07, 6.45) is 7.52. The number of nitrogens with zero attached hydrogens (tertiary/aromatic N) is 4. The number of phenols is 1. The van der Waals surface area contributed by atoms with Gasteiger partial charge in [-0.25, -0.2) is 9.07 Å². The van der Waals surface area contributed by atoms with Gasteiger partial charge >= 0.3 is 6.01 Å². The number of aromatic nitrogens is 4. The van der Waals surface area contributed by atoms with Gasteiger partial charge in [-0.15, -0.1) is 0 Å². The molecule has 4 aromatic rings. The molecule has 1 atom stereocenters. The molecule has 2 aliphatic heterocycles. The molecule has 1 aliphatic carbocycles. The van der Waals surface area contributed by atoms with Gasteiger partial charge in [0.25, 0.3) is 0 Å². The van der Waals surface area contributed by atoms with E-state index in [1.165, 1.54) is 6.07 Å². The summed E-state index contributed by atoms with van der Waals surface area (Å²) in [4.78, 5) is 8.98. The van der Waals surface area contributed by atoms with Crippen molar-refractivity contribution in [3.8, 4) is 22.9 Å². The first-order chi connectivity index (χ1) is 20.4. The maximum atomic E-state index is 15.6. The largest absolute Gasteiger partial charge is 0.505 e. The summed E-state index contributed by atoms with van der Waals surface area (Å²) >= 11 is 0. The van der Waals surface area contributed by atoms with Crippen molar-refractivity contribution >= 4 is 27.6 Å². The van der Waals surface area contributed by atoms with E-state index in [-0.39, 0.29) is 54.3 Å². The molecule has 2 aromatic carbocycles. The van der Waals surface area contributed by atoms with Crippen LogP contribution in [-0.4, -0.2) is 63.0 Å². The van der Waals surface area contributed by atoms with Crippen LogP contribution in [0.5, 0.6) is 11.8 Å². The number of aromatic hydroxyl groups is 1. The van der Waals surface area contributed by atoms with E-state index in [4.69, 9.17) is 19.9 Å². The lowest BCUT2D eigenvalue weighted by atomic mass is 9.82. The van der Waals surface area contributed by atoms with E-state index in [1.54, 1.807) is 17.8 Å². The number of nitrogen functional groups attached to an aromatic ring is 1. The molecule has 2 saturated heterocycles. The van der Waals surface area contributed by atoms with E-state index < -0.39 is 5.41 Å². The fourth-order valence-electron chi connectivity index (χ4n) is 6.41. The van der Waals surface area contributed by atoms with Gasteiger partial charge in [-0.1, -0.05) is 0 Å². The number of benzene rings is 2. The van der Waals surface area contributed by atoms with E-state index in [2.05, 4.69) is 15.1 Å². The zero-order valence-corrected chi connectivity index (χ0v) is 23.7. The van der Waals surface area contributed by atoms with E-state index in [1.807, 2.05) is 6.07 Å². The maximum Gasteiger partial charge on any atom is 0.319 e. The molecule has 1 unspecified atom stereocenters. The number of aliphatic hydroxyl groups is 1. The van der Waals surface area contributed by atoms with Crippen LogP contribution in [-0.2, 0) is 9.47 Å². The number of rotatable bonds is 7. The Hall–Kier alpha value is -3.54. The summed E-state index contributed by atoms with van der Waals surface area (Å²) in [5.41, 5.74) is 9.26. The number of anilines is 1. The summed E-state index contributed by atoms with van der Waals surface area (Å²) in [7, 11) is 0. The van der Waals surface area contributed by atoms with Gasteiger partial charge in [0.05, 0.1) is 24.9 Å². The van der Waals surface area contributed by atoms with Gasteiger partial charge < -0.3 is 30.2 Å². The number of nitrogens with two attached hydrogens (primary N) is 1. The Morgan fingerprint density at radius 2 is 1.90 bits per heavy atom. The van der Waals surface area contributed by atoms with Crippen LogP contribution in [0.4, 0.5) is 10.2 Å². The Kier molecular flexibility index (Phi) is 6.91. The minimum Gasteiger partial charge on any atom is -0.505 e. The van der Waals surface area contributed by atoms with Crippen LogP contribution in [0.1, 0.15) is 68.2 Å². The number of hydrogen-bond donors (Lipinski definition) is 3. The lowest BCUT2D eigenvalue weighted by Gasteiger charge is -2.34. The molecule has 10 nitrogen and oxygen atoms in total. The number of aliphatic hydroxyl groups excluding tert-OH is 1. The highest BCUT2D eigenvalue weighted by Gasteiger charge is 2.35. The molecule has 0 spiro atoms. The minimum absolute atomic E-state index is 0.0168. The number of ether oxygens (including phenoxy) is 3. The molecule has 42 heavy (non-hydrogen) atoms. The number of halogens is 1.